The molecule has 2 aliphatic heterocycles. The summed E-state index contributed by atoms with van der Waals surface area (Å²) in [4.78, 5) is 32.6. The molecule has 13 heteroatoms. The maximum Gasteiger partial charge on any atom is 0.472 e. The number of imidazole rings is 1. The molecular weight excluding hydrogens is 562 g/mol. The molecule has 2 N–H and O–H groups in total. The number of aromatic nitrogens is 2. The molecule has 1 amide bonds. The highest BCUT2D eigenvalue weighted by atomic mass is 31.2. The van der Waals surface area contributed by atoms with Crippen molar-refractivity contribution < 1.29 is 46.1 Å². The Kier molecular flexibility index (Phi) is 7.93. The molecule has 2 aliphatic rings. The minimum absolute atomic E-state index is 0.154. The second kappa shape index (κ2) is 11.3. The summed E-state index contributed by atoms with van der Waals surface area (Å²) in [5.41, 5.74) is 3.28. The van der Waals surface area contributed by atoms with Crippen molar-refractivity contribution in [3.8, 4) is 11.4 Å². The average Bonchev–Trinajstić information content (AvgIpc) is 3.31. The van der Waals surface area contributed by atoms with E-state index in [1.807, 2.05) is 36.4 Å². The molecule has 1 saturated heterocycles. The van der Waals surface area contributed by atoms with E-state index in [0.717, 1.165) is 23.3 Å². The number of phosphoric acid groups is 1. The number of fused-ring (bicyclic) bond motifs is 1. The molecule has 0 aliphatic carbocycles. The summed E-state index contributed by atoms with van der Waals surface area (Å²) in [6.07, 6.45) is 10.1. The number of carbonyl (C=O) groups excluding carboxylic acids is 1. The van der Waals surface area contributed by atoms with Crippen LogP contribution < -0.4 is 9.30 Å². The first-order valence-corrected chi connectivity index (χ1v) is 14.3. The molecule has 2 atom stereocenters. The van der Waals surface area contributed by atoms with E-state index in [1.54, 1.807) is 28.9 Å². The van der Waals surface area contributed by atoms with Crippen LogP contribution in [-0.4, -0.2) is 38.3 Å². The highest BCUT2D eigenvalue weighted by Gasteiger charge is 2.38. The first kappa shape index (κ1) is 28.8. The number of methoxy groups -OCH3 is 1. The van der Waals surface area contributed by atoms with Gasteiger partial charge in [-0.1, -0.05) is 24.3 Å². The summed E-state index contributed by atoms with van der Waals surface area (Å²) in [7, 11) is -3.11. The van der Waals surface area contributed by atoms with Crippen molar-refractivity contribution in [2.24, 2.45) is 0 Å². The quantitative estimate of drug-likeness (QED) is 0.180. The third kappa shape index (κ3) is 6.01. The Hall–Kier alpha value is -3.70. The number of nitrogens with zero attached hydrogens (tertiary/aromatic N) is 3. The van der Waals surface area contributed by atoms with Gasteiger partial charge in [0.05, 0.1) is 19.2 Å². The van der Waals surface area contributed by atoms with Crippen LogP contribution in [0.2, 0.25) is 0 Å². The summed E-state index contributed by atoms with van der Waals surface area (Å²) >= 11 is 0. The highest BCUT2D eigenvalue weighted by Crippen LogP contribution is 2.40. The summed E-state index contributed by atoms with van der Waals surface area (Å²) in [6.45, 7) is 1.43. The molecule has 2 aromatic carbocycles. The number of halogens is 3. The van der Waals surface area contributed by atoms with Gasteiger partial charge in [0.1, 0.15) is 11.9 Å². The van der Waals surface area contributed by atoms with Gasteiger partial charge in [0.25, 0.3) is 6.33 Å². The predicted molar refractivity (Wildman–Crippen MR) is 141 cm³/mol. The zero-order valence-corrected chi connectivity index (χ0v) is 23.1. The Morgan fingerprint density at radius 2 is 1.88 bits per heavy atom. The van der Waals surface area contributed by atoms with Crippen LogP contribution in [0.5, 0.6) is 5.75 Å². The minimum Gasteiger partial charge on any atom is -0.492 e. The van der Waals surface area contributed by atoms with Gasteiger partial charge < -0.3 is 19.4 Å². The van der Waals surface area contributed by atoms with Crippen LogP contribution in [-0.2, 0) is 20.6 Å². The monoisotopic (exact) mass is 590 g/mol. The van der Waals surface area contributed by atoms with Crippen molar-refractivity contribution >= 4 is 19.8 Å². The fraction of sp³-hybridized carbons (Fsp3) is 0.286. The average molecular weight is 591 g/mol. The number of amides is 1. The van der Waals surface area contributed by atoms with E-state index in [4.69, 9.17) is 14.5 Å². The molecule has 1 aromatic heterocycles. The maximum atomic E-state index is 14.0. The Bertz CT molecular complexity index is 1590. The van der Waals surface area contributed by atoms with Crippen molar-refractivity contribution in [3.63, 3.8) is 0 Å². The Labute approximate surface area is 234 Å². The van der Waals surface area contributed by atoms with Crippen molar-refractivity contribution in [3.05, 3.63) is 94.9 Å². The van der Waals surface area contributed by atoms with E-state index in [1.165, 1.54) is 11.7 Å². The van der Waals surface area contributed by atoms with Gasteiger partial charge in [0.15, 0.2) is 28.9 Å². The number of phosphoric ester groups is 1. The topological polar surface area (TPSA) is 105 Å². The van der Waals surface area contributed by atoms with E-state index >= 15 is 0 Å². The molecule has 1 fully saturated rings. The molecular formula is C28H28F3N3O6P+. The van der Waals surface area contributed by atoms with Crippen LogP contribution in [0.4, 0.5) is 13.2 Å². The van der Waals surface area contributed by atoms with Gasteiger partial charge in [-0.2, -0.15) is 4.57 Å². The van der Waals surface area contributed by atoms with Crippen LogP contribution in [0.1, 0.15) is 42.1 Å². The highest BCUT2D eigenvalue weighted by molar-refractivity contribution is 7.46. The zero-order chi connectivity index (χ0) is 29.5. The zero-order valence-electron chi connectivity index (χ0n) is 22.2. The van der Waals surface area contributed by atoms with E-state index in [-0.39, 0.29) is 24.6 Å². The molecule has 0 unspecified atom stereocenters. The number of rotatable bonds is 7. The number of hydrogen-bond donors (Lipinski definition) is 2. The van der Waals surface area contributed by atoms with E-state index < -0.39 is 37.4 Å². The maximum absolute atomic E-state index is 14.0. The lowest BCUT2D eigenvalue weighted by Gasteiger charge is -2.44. The lowest BCUT2D eigenvalue weighted by atomic mass is 9.86. The molecule has 0 radical (unpaired) electrons. The van der Waals surface area contributed by atoms with Crippen molar-refractivity contribution in [2.45, 2.75) is 45.0 Å². The standard InChI is InChI=1S/C28H27F3N3O6P/c1-17-14-32(15-33(17)16-40-41(36,37)38)25-8-6-18(11-26(25)39-2)10-19-7-9-27(35)34-23(19)4-3-5-24(34)20-12-21(29)28(31)22(30)13-20/h3-4,6,8,10-15,23-24H,5,7,9,16H2,1-2H3,(H-,36,37,38)/p+1/t23-,24-/m0/s1. The molecule has 0 spiro atoms. The fourth-order valence-corrected chi connectivity index (χ4v) is 5.56. The Morgan fingerprint density at radius 1 is 1.15 bits per heavy atom. The predicted octanol–water partition coefficient (Wildman–Crippen LogP) is 4.64. The number of hydrogen-bond acceptors (Lipinski definition) is 4. The largest absolute Gasteiger partial charge is 0.492 e. The number of carbonyl (C=O) groups is 1. The van der Waals surface area contributed by atoms with Gasteiger partial charge in [0, 0.05) is 13.3 Å². The smallest absolute Gasteiger partial charge is 0.472 e. The normalized spacial score (nSPS) is 20.0. The van der Waals surface area contributed by atoms with Gasteiger partial charge in [-0.15, -0.1) is 0 Å². The van der Waals surface area contributed by atoms with Crippen molar-refractivity contribution in [1.82, 2.24) is 9.47 Å². The molecule has 3 aromatic rings. The molecule has 3 heterocycles. The van der Waals surface area contributed by atoms with E-state index in [0.29, 0.717) is 30.0 Å². The van der Waals surface area contributed by atoms with Crippen molar-refractivity contribution in [2.75, 3.05) is 7.11 Å². The van der Waals surface area contributed by atoms with Gasteiger partial charge >= 0.3 is 7.82 Å². The first-order chi connectivity index (χ1) is 19.4. The van der Waals surface area contributed by atoms with Gasteiger partial charge in [-0.3, -0.25) is 4.79 Å². The lowest BCUT2D eigenvalue weighted by molar-refractivity contribution is -0.596. The molecule has 5 rings (SSSR count). The minimum atomic E-state index is -4.63. The molecule has 0 bridgehead atoms. The number of ether oxygens (including phenoxy) is 1. The Balaban J connectivity index is 1.44. The molecule has 0 saturated carbocycles. The summed E-state index contributed by atoms with van der Waals surface area (Å²) in [6, 6.07) is 6.33. The first-order valence-electron chi connectivity index (χ1n) is 12.7. The van der Waals surface area contributed by atoms with E-state index in [9.17, 15) is 22.5 Å². The van der Waals surface area contributed by atoms with Crippen LogP contribution in [0.25, 0.3) is 11.8 Å². The third-order valence-corrected chi connectivity index (χ3v) is 7.69. The second-order valence-electron chi connectivity index (χ2n) is 9.89. The van der Waals surface area contributed by atoms with Gasteiger partial charge in [0.2, 0.25) is 12.6 Å². The SMILES string of the molecule is COc1cc(C=C2CCC(=O)N3[C@H]2C=CC[C@H]3c2cc(F)c(F)c(F)c2)ccc1-[n+]1cc(C)n(COP(=O)(O)O)c1. The van der Waals surface area contributed by atoms with Crippen molar-refractivity contribution in [1.29, 1.82) is 0 Å². The molecule has 41 heavy (non-hydrogen) atoms. The van der Waals surface area contributed by atoms with E-state index in [2.05, 4.69) is 4.52 Å². The number of aryl methyl sites for hydroxylation is 1. The Morgan fingerprint density at radius 3 is 2.56 bits per heavy atom. The van der Waals surface area contributed by atoms with Crippen LogP contribution in [0, 0.1) is 24.4 Å². The summed E-state index contributed by atoms with van der Waals surface area (Å²) < 4.78 is 66.2. The summed E-state index contributed by atoms with van der Waals surface area (Å²) in [5.74, 6) is -3.76. The number of piperidine rings is 1. The van der Waals surface area contributed by atoms with Crippen LogP contribution in [0.15, 0.2) is 60.6 Å². The van der Waals surface area contributed by atoms with Crippen LogP contribution in [0.3, 0.4) is 0 Å². The molecule has 9 nitrogen and oxygen atoms in total. The molecule has 216 valence electrons. The number of benzene rings is 2. The van der Waals surface area contributed by atoms with Crippen LogP contribution >= 0.6 is 7.82 Å². The van der Waals surface area contributed by atoms with Gasteiger partial charge in [-0.05, 0) is 53.8 Å². The second-order valence-corrected chi connectivity index (χ2v) is 11.1. The van der Waals surface area contributed by atoms with Gasteiger partial charge in [-0.25, -0.2) is 26.8 Å². The summed E-state index contributed by atoms with van der Waals surface area (Å²) in [5, 5.41) is 0. The fourth-order valence-electron chi connectivity index (χ4n) is 5.28. The third-order valence-electron chi connectivity index (χ3n) is 7.24. The lowest BCUT2D eigenvalue weighted by Crippen LogP contribution is -2.47.